The van der Waals surface area contributed by atoms with E-state index in [4.69, 9.17) is 14.2 Å². The minimum atomic E-state index is -0.418. The number of carbonyl (C=O) groups excluding carboxylic acids is 2. The molecule has 0 bridgehead atoms. The van der Waals surface area contributed by atoms with Crippen LogP contribution in [0.2, 0.25) is 0 Å². The molecule has 0 N–H and O–H groups in total. The predicted octanol–water partition coefficient (Wildman–Crippen LogP) is 4.06. The minimum absolute atomic E-state index is 0.115. The van der Waals surface area contributed by atoms with Gasteiger partial charge >= 0.3 is 11.9 Å². The first-order chi connectivity index (χ1) is 15.6. The summed E-state index contributed by atoms with van der Waals surface area (Å²) in [6.45, 7) is 9.34. The van der Waals surface area contributed by atoms with Gasteiger partial charge in [-0.3, -0.25) is 0 Å². The van der Waals surface area contributed by atoms with E-state index in [2.05, 4.69) is 37.2 Å². The lowest BCUT2D eigenvalue weighted by molar-refractivity contribution is -0.143. The Bertz CT molecular complexity index is 824. The van der Waals surface area contributed by atoms with Gasteiger partial charge in [-0.2, -0.15) is 0 Å². The van der Waals surface area contributed by atoms with Gasteiger partial charge < -0.3 is 23.7 Å². The van der Waals surface area contributed by atoms with Crippen molar-refractivity contribution in [1.82, 2.24) is 0 Å². The SMILES string of the molecule is COC(=O)COc1ccc(C(C)(C)COCC(C)(C)c2ccc(OCC(=O)OC)cc2)cc1. The van der Waals surface area contributed by atoms with E-state index in [9.17, 15) is 9.59 Å². The fraction of sp³-hybridized carbons (Fsp3) is 0.462. The van der Waals surface area contributed by atoms with E-state index in [-0.39, 0.29) is 24.0 Å². The van der Waals surface area contributed by atoms with Crippen LogP contribution in [-0.2, 0) is 34.6 Å². The lowest BCUT2D eigenvalue weighted by Gasteiger charge is -2.30. The van der Waals surface area contributed by atoms with Gasteiger partial charge in [0.05, 0.1) is 27.4 Å². The highest BCUT2D eigenvalue weighted by atomic mass is 16.6. The normalized spacial score (nSPS) is 11.6. The van der Waals surface area contributed by atoms with Crippen molar-refractivity contribution >= 4 is 11.9 Å². The van der Waals surface area contributed by atoms with E-state index in [1.807, 2.05) is 48.5 Å². The minimum Gasteiger partial charge on any atom is -0.482 e. The van der Waals surface area contributed by atoms with Crippen LogP contribution in [0.4, 0.5) is 0 Å². The monoisotopic (exact) mass is 458 g/mol. The molecule has 0 heterocycles. The van der Waals surface area contributed by atoms with Crippen molar-refractivity contribution in [3.63, 3.8) is 0 Å². The fourth-order valence-electron chi connectivity index (χ4n) is 3.14. The standard InChI is InChI=1S/C26H34O7/c1-25(2,19-7-11-21(12-8-19)32-15-23(27)29-5)17-31-18-26(3,4)20-9-13-22(14-10-20)33-16-24(28)30-6/h7-14H,15-18H2,1-6H3. The van der Waals surface area contributed by atoms with Crippen molar-refractivity contribution in [2.24, 2.45) is 0 Å². The van der Waals surface area contributed by atoms with Crippen LogP contribution in [0.5, 0.6) is 11.5 Å². The summed E-state index contributed by atoms with van der Waals surface area (Å²) in [6, 6.07) is 15.3. The Morgan fingerprint density at radius 2 is 0.970 bits per heavy atom. The molecule has 2 aromatic rings. The zero-order valence-electron chi connectivity index (χ0n) is 20.3. The molecule has 7 nitrogen and oxygen atoms in total. The van der Waals surface area contributed by atoms with Crippen molar-refractivity contribution in [2.45, 2.75) is 38.5 Å². The van der Waals surface area contributed by atoms with Crippen LogP contribution in [0.1, 0.15) is 38.8 Å². The van der Waals surface area contributed by atoms with Gasteiger partial charge in [-0.15, -0.1) is 0 Å². The summed E-state index contributed by atoms with van der Waals surface area (Å²) in [4.78, 5) is 22.4. The number of methoxy groups -OCH3 is 2. The summed E-state index contributed by atoms with van der Waals surface area (Å²) in [5.41, 5.74) is 1.81. The molecule has 0 amide bonds. The Kier molecular flexibility index (Phi) is 9.29. The molecule has 0 saturated carbocycles. The Hall–Kier alpha value is -3.06. The summed E-state index contributed by atoms with van der Waals surface area (Å²) >= 11 is 0. The molecular formula is C26H34O7. The summed E-state index contributed by atoms with van der Waals surface area (Å²) in [5.74, 6) is 0.389. The highest BCUT2D eigenvalue weighted by Gasteiger charge is 2.25. The molecule has 0 spiro atoms. The maximum absolute atomic E-state index is 11.2. The molecule has 2 rings (SSSR count). The quantitative estimate of drug-likeness (QED) is 0.444. The highest BCUT2D eigenvalue weighted by Crippen LogP contribution is 2.29. The Labute approximate surface area is 195 Å². The lowest BCUT2D eigenvalue weighted by atomic mass is 9.84. The van der Waals surface area contributed by atoms with Gasteiger partial charge in [0.15, 0.2) is 13.2 Å². The van der Waals surface area contributed by atoms with Crippen LogP contribution in [0.3, 0.4) is 0 Å². The summed E-state index contributed by atoms with van der Waals surface area (Å²) in [7, 11) is 2.66. The first kappa shape index (κ1) is 26.2. The third-order valence-corrected chi connectivity index (χ3v) is 5.37. The first-order valence-corrected chi connectivity index (χ1v) is 10.8. The van der Waals surface area contributed by atoms with Crippen molar-refractivity contribution in [1.29, 1.82) is 0 Å². The van der Waals surface area contributed by atoms with Crippen LogP contribution in [-0.4, -0.2) is 52.6 Å². The number of ether oxygens (including phenoxy) is 5. The van der Waals surface area contributed by atoms with Gasteiger partial charge in [-0.25, -0.2) is 9.59 Å². The average Bonchev–Trinajstić information content (AvgIpc) is 2.81. The number of rotatable bonds is 12. The van der Waals surface area contributed by atoms with Gasteiger partial charge in [0, 0.05) is 10.8 Å². The van der Waals surface area contributed by atoms with E-state index in [1.165, 1.54) is 14.2 Å². The van der Waals surface area contributed by atoms with Crippen molar-refractivity contribution in [3.05, 3.63) is 59.7 Å². The molecule has 33 heavy (non-hydrogen) atoms. The van der Waals surface area contributed by atoms with E-state index >= 15 is 0 Å². The van der Waals surface area contributed by atoms with Crippen LogP contribution in [0.25, 0.3) is 0 Å². The predicted molar refractivity (Wildman–Crippen MR) is 125 cm³/mol. The molecule has 7 heteroatoms. The third kappa shape index (κ3) is 8.09. The molecule has 0 fully saturated rings. The first-order valence-electron chi connectivity index (χ1n) is 10.8. The maximum Gasteiger partial charge on any atom is 0.343 e. The average molecular weight is 459 g/mol. The van der Waals surface area contributed by atoms with E-state index in [0.29, 0.717) is 24.7 Å². The van der Waals surface area contributed by atoms with Gasteiger partial charge in [-0.05, 0) is 35.4 Å². The number of hydrogen-bond acceptors (Lipinski definition) is 7. The highest BCUT2D eigenvalue weighted by molar-refractivity contribution is 5.71. The van der Waals surface area contributed by atoms with Crippen molar-refractivity contribution < 1.29 is 33.3 Å². The van der Waals surface area contributed by atoms with Crippen LogP contribution >= 0.6 is 0 Å². The Morgan fingerprint density at radius 3 is 1.27 bits per heavy atom. The van der Waals surface area contributed by atoms with E-state index < -0.39 is 11.9 Å². The van der Waals surface area contributed by atoms with Gasteiger partial charge in [0.1, 0.15) is 11.5 Å². The molecule has 0 aliphatic carbocycles. The molecule has 0 radical (unpaired) electrons. The van der Waals surface area contributed by atoms with Gasteiger partial charge in [-0.1, -0.05) is 52.0 Å². The molecule has 0 aromatic heterocycles. The summed E-state index contributed by atoms with van der Waals surface area (Å²) in [6.07, 6.45) is 0. The number of benzene rings is 2. The van der Waals surface area contributed by atoms with Gasteiger partial charge in [0.2, 0.25) is 0 Å². The number of hydrogen-bond donors (Lipinski definition) is 0. The summed E-state index contributed by atoms with van der Waals surface area (Å²) in [5, 5.41) is 0. The molecule has 0 aliphatic heterocycles. The van der Waals surface area contributed by atoms with Crippen LogP contribution in [0, 0.1) is 0 Å². The molecule has 0 saturated heterocycles. The molecule has 0 unspecified atom stereocenters. The smallest absolute Gasteiger partial charge is 0.343 e. The van der Waals surface area contributed by atoms with E-state index in [0.717, 1.165) is 11.1 Å². The zero-order chi connectivity index (χ0) is 24.5. The topological polar surface area (TPSA) is 80.3 Å². The van der Waals surface area contributed by atoms with E-state index in [1.54, 1.807) is 0 Å². The van der Waals surface area contributed by atoms with Crippen LogP contribution < -0.4 is 9.47 Å². The fourth-order valence-corrected chi connectivity index (χ4v) is 3.14. The number of esters is 2. The second-order valence-corrected chi connectivity index (χ2v) is 9.04. The molecule has 2 aromatic carbocycles. The Morgan fingerprint density at radius 1 is 0.636 bits per heavy atom. The zero-order valence-corrected chi connectivity index (χ0v) is 20.3. The molecule has 180 valence electrons. The second-order valence-electron chi connectivity index (χ2n) is 9.04. The van der Waals surface area contributed by atoms with Crippen molar-refractivity contribution in [2.75, 3.05) is 40.6 Å². The molecular weight excluding hydrogens is 424 g/mol. The molecule has 0 aliphatic rings. The number of carbonyl (C=O) groups is 2. The van der Waals surface area contributed by atoms with Crippen LogP contribution in [0.15, 0.2) is 48.5 Å². The third-order valence-electron chi connectivity index (χ3n) is 5.37. The lowest BCUT2D eigenvalue weighted by Crippen LogP contribution is -2.30. The Balaban J connectivity index is 1.89. The second kappa shape index (κ2) is 11.7. The summed E-state index contributed by atoms with van der Waals surface area (Å²) < 4.78 is 26.1. The van der Waals surface area contributed by atoms with Gasteiger partial charge in [0.25, 0.3) is 0 Å². The molecule has 0 atom stereocenters. The maximum atomic E-state index is 11.2. The largest absolute Gasteiger partial charge is 0.482 e. The van der Waals surface area contributed by atoms with Crippen molar-refractivity contribution in [3.8, 4) is 11.5 Å².